The average molecular weight is 238 g/mol. The molecule has 0 atom stereocenters. The minimum atomic E-state index is -0.114. The standard InChI is InChI=1S/C11H18N4O2/c1-2-9-12-10(14-13-9)11(17)15-5-3-8(7-16)4-6-15/h8,16H,2-7H2,1H3,(H,12,13,14). The number of piperidine rings is 1. The van der Waals surface area contributed by atoms with Gasteiger partial charge in [0, 0.05) is 26.1 Å². The van der Waals surface area contributed by atoms with E-state index in [1.165, 1.54) is 0 Å². The van der Waals surface area contributed by atoms with Gasteiger partial charge in [0.05, 0.1) is 0 Å². The van der Waals surface area contributed by atoms with Crippen LogP contribution in [0.2, 0.25) is 0 Å². The van der Waals surface area contributed by atoms with Gasteiger partial charge in [-0.1, -0.05) is 6.92 Å². The maximum Gasteiger partial charge on any atom is 0.293 e. The maximum atomic E-state index is 12.0. The Balaban J connectivity index is 1.96. The van der Waals surface area contributed by atoms with Crippen molar-refractivity contribution in [2.45, 2.75) is 26.2 Å². The molecule has 1 saturated heterocycles. The summed E-state index contributed by atoms with van der Waals surface area (Å²) >= 11 is 0. The molecular weight excluding hydrogens is 220 g/mol. The maximum absolute atomic E-state index is 12.0. The monoisotopic (exact) mass is 238 g/mol. The normalized spacial score (nSPS) is 17.4. The first kappa shape index (κ1) is 12.0. The summed E-state index contributed by atoms with van der Waals surface area (Å²) < 4.78 is 0. The van der Waals surface area contributed by atoms with Crippen LogP contribution in [-0.4, -0.2) is 50.8 Å². The summed E-state index contributed by atoms with van der Waals surface area (Å²) in [6, 6.07) is 0. The van der Waals surface area contributed by atoms with Crippen molar-refractivity contribution in [1.82, 2.24) is 20.1 Å². The second kappa shape index (κ2) is 5.27. The van der Waals surface area contributed by atoms with E-state index < -0.39 is 0 Å². The van der Waals surface area contributed by atoms with E-state index in [9.17, 15) is 4.79 Å². The molecule has 0 aliphatic carbocycles. The highest BCUT2D eigenvalue weighted by Gasteiger charge is 2.25. The van der Waals surface area contributed by atoms with Gasteiger partial charge in [-0.15, -0.1) is 5.10 Å². The van der Waals surface area contributed by atoms with E-state index in [1.54, 1.807) is 4.90 Å². The summed E-state index contributed by atoms with van der Waals surface area (Å²) in [4.78, 5) is 17.9. The summed E-state index contributed by atoms with van der Waals surface area (Å²) in [7, 11) is 0. The van der Waals surface area contributed by atoms with Gasteiger partial charge in [0.1, 0.15) is 5.82 Å². The van der Waals surface area contributed by atoms with Gasteiger partial charge in [-0.25, -0.2) is 4.98 Å². The van der Waals surface area contributed by atoms with Crippen molar-refractivity contribution in [3.63, 3.8) is 0 Å². The first-order valence-electron chi connectivity index (χ1n) is 6.06. The van der Waals surface area contributed by atoms with Gasteiger partial charge in [-0.2, -0.15) is 0 Å². The Morgan fingerprint density at radius 3 is 2.76 bits per heavy atom. The molecule has 6 heteroatoms. The van der Waals surface area contributed by atoms with E-state index in [4.69, 9.17) is 5.11 Å². The third kappa shape index (κ3) is 2.63. The Hall–Kier alpha value is -1.43. The summed E-state index contributed by atoms with van der Waals surface area (Å²) in [5.74, 6) is 1.21. The molecule has 0 saturated carbocycles. The minimum Gasteiger partial charge on any atom is -0.396 e. The van der Waals surface area contributed by atoms with E-state index in [-0.39, 0.29) is 18.3 Å². The van der Waals surface area contributed by atoms with Crippen LogP contribution >= 0.6 is 0 Å². The number of aromatic nitrogens is 3. The molecule has 0 spiro atoms. The van der Waals surface area contributed by atoms with Crippen molar-refractivity contribution < 1.29 is 9.90 Å². The second-order valence-corrected chi connectivity index (χ2v) is 4.38. The predicted octanol–water partition coefficient (Wildman–Crippen LogP) is 0.212. The van der Waals surface area contributed by atoms with Crippen LogP contribution in [-0.2, 0) is 6.42 Å². The highest BCUT2D eigenvalue weighted by molar-refractivity contribution is 5.90. The lowest BCUT2D eigenvalue weighted by atomic mass is 9.98. The topological polar surface area (TPSA) is 82.1 Å². The number of nitrogens with zero attached hydrogens (tertiary/aromatic N) is 3. The van der Waals surface area contributed by atoms with Crippen LogP contribution in [0.5, 0.6) is 0 Å². The third-order valence-electron chi connectivity index (χ3n) is 3.22. The number of hydrogen-bond donors (Lipinski definition) is 2. The number of aromatic amines is 1. The molecule has 2 heterocycles. The molecule has 1 fully saturated rings. The zero-order chi connectivity index (χ0) is 12.3. The highest BCUT2D eigenvalue weighted by atomic mass is 16.3. The number of nitrogens with one attached hydrogen (secondary N) is 1. The summed E-state index contributed by atoms with van der Waals surface area (Å²) in [5.41, 5.74) is 0. The number of likely N-dealkylation sites (tertiary alicyclic amines) is 1. The Bertz CT molecular complexity index is 383. The fraction of sp³-hybridized carbons (Fsp3) is 0.727. The first-order chi connectivity index (χ1) is 8.24. The molecule has 2 rings (SSSR count). The van der Waals surface area contributed by atoms with Crippen LogP contribution < -0.4 is 0 Å². The number of aliphatic hydroxyl groups is 1. The fourth-order valence-electron chi connectivity index (χ4n) is 2.01. The summed E-state index contributed by atoms with van der Waals surface area (Å²) in [6.07, 6.45) is 2.45. The molecule has 1 aromatic rings. The number of aryl methyl sites for hydroxylation is 1. The van der Waals surface area contributed by atoms with Crippen LogP contribution in [0.4, 0.5) is 0 Å². The zero-order valence-corrected chi connectivity index (χ0v) is 10.0. The van der Waals surface area contributed by atoms with E-state index in [1.807, 2.05) is 6.92 Å². The molecule has 0 bridgehead atoms. The number of carbonyl (C=O) groups excluding carboxylic acids is 1. The van der Waals surface area contributed by atoms with Crippen molar-refractivity contribution in [2.75, 3.05) is 19.7 Å². The van der Waals surface area contributed by atoms with Gasteiger partial charge >= 0.3 is 0 Å². The van der Waals surface area contributed by atoms with Gasteiger partial charge < -0.3 is 10.0 Å². The number of H-pyrrole nitrogens is 1. The van der Waals surface area contributed by atoms with Crippen LogP contribution in [0, 0.1) is 5.92 Å². The van der Waals surface area contributed by atoms with E-state index in [2.05, 4.69) is 15.2 Å². The molecule has 0 aromatic carbocycles. The minimum absolute atomic E-state index is 0.114. The molecule has 2 N–H and O–H groups in total. The Morgan fingerprint density at radius 2 is 2.24 bits per heavy atom. The third-order valence-corrected chi connectivity index (χ3v) is 3.22. The van der Waals surface area contributed by atoms with Gasteiger partial charge in [0.25, 0.3) is 5.91 Å². The number of rotatable bonds is 3. The van der Waals surface area contributed by atoms with Crippen molar-refractivity contribution in [1.29, 1.82) is 0 Å². The molecule has 6 nitrogen and oxygen atoms in total. The molecular formula is C11H18N4O2. The quantitative estimate of drug-likeness (QED) is 0.788. The molecule has 0 unspecified atom stereocenters. The van der Waals surface area contributed by atoms with Crippen molar-refractivity contribution in [2.24, 2.45) is 5.92 Å². The van der Waals surface area contributed by atoms with E-state index in [0.717, 1.165) is 25.1 Å². The van der Waals surface area contributed by atoms with Crippen LogP contribution in [0.1, 0.15) is 36.2 Å². The smallest absolute Gasteiger partial charge is 0.293 e. The fourth-order valence-corrected chi connectivity index (χ4v) is 2.01. The largest absolute Gasteiger partial charge is 0.396 e. The lowest BCUT2D eigenvalue weighted by molar-refractivity contribution is 0.0639. The summed E-state index contributed by atoms with van der Waals surface area (Å²) in [6.45, 7) is 3.53. The molecule has 0 radical (unpaired) electrons. The molecule has 1 aliphatic heterocycles. The first-order valence-corrected chi connectivity index (χ1v) is 6.06. The van der Waals surface area contributed by atoms with Gasteiger partial charge in [-0.3, -0.25) is 9.89 Å². The number of amides is 1. The van der Waals surface area contributed by atoms with Crippen molar-refractivity contribution in [3.05, 3.63) is 11.6 Å². The molecule has 1 aromatic heterocycles. The molecule has 17 heavy (non-hydrogen) atoms. The number of aliphatic hydroxyl groups excluding tert-OH is 1. The van der Waals surface area contributed by atoms with Crippen LogP contribution in [0.3, 0.4) is 0 Å². The zero-order valence-electron chi connectivity index (χ0n) is 10.0. The average Bonchev–Trinajstić information content (AvgIpc) is 2.87. The van der Waals surface area contributed by atoms with Gasteiger partial charge in [-0.05, 0) is 18.8 Å². The van der Waals surface area contributed by atoms with Crippen molar-refractivity contribution >= 4 is 5.91 Å². The van der Waals surface area contributed by atoms with Crippen LogP contribution in [0.15, 0.2) is 0 Å². The van der Waals surface area contributed by atoms with Gasteiger partial charge in [0.2, 0.25) is 5.82 Å². The molecule has 94 valence electrons. The van der Waals surface area contributed by atoms with Crippen molar-refractivity contribution in [3.8, 4) is 0 Å². The predicted molar refractivity (Wildman–Crippen MR) is 61.5 cm³/mol. The Kier molecular flexibility index (Phi) is 3.73. The lowest BCUT2D eigenvalue weighted by Gasteiger charge is -2.30. The van der Waals surface area contributed by atoms with Crippen LogP contribution in [0.25, 0.3) is 0 Å². The molecule has 1 aliphatic rings. The Morgan fingerprint density at radius 1 is 1.53 bits per heavy atom. The van der Waals surface area contributed by atoms with Gasteiger partial charge in [0.15, 0.2) is 0 Å². The van der Waals surface area contributed by atoms with E-state index in [0.29, 0.717) is 19.0 Å². The Labute approximate surface area is 100 Å². The number of hydrogen-bond acceptors (Lipinski definition) is 4. The lowest BCUT2D eigenvalue weighted by Crippen LogP contribution is -2.39. The highest BCUT2D eigenvalue weighted by Crippen LogP contribution is 2.17. The SMILES string of the molecule is CCc1nc(C(=O)N2CCC(CO)CC2)n[nH]1. The molecule has 1 amide bonds. The van der Waals surface area contributed by atoms with E-state index >= 15 is 0 Å². The number of carbonyl (C=O) groups is 1. The second-order valence-electron chi connectivity index (χ2n) is 4.38. The summed E-state index contributed by atoms with van der Waals surface area (Å²) in [5, 5.41) is 15.7.